The van der Waals surface area contributed by atoms with Crippen molar-refractivity contribution in [2.45, 2.75) is 0 Å². The predicted octanol–water partition coefficient (Wildman–Crippen LogP) is 1.04. The molecule has 0 heterocycles. The molecule has 0 aliphatic heterocycles. The van der Waals surface area contributed by atoms with E-state index in [-0.39, 0.29) is 11.3 Å². The van der Waals surface area contributed by atoms with E-state index in [2.05, 4.69) is 0 Å². The molecule has 0 fully saturated rings. The van der Waals surface area contributed by atoms with Crippen LogP contribution in [-0.2, 0) is 4.79 Å². The van der Waals surface area contributed by atoms with Crippen molar-refractivity contribution in [3.05, 3.63) is 29.6 Å². The van der Waals surface area contributed by atoms with Crippen LogP contribution in [0.4, 0.5) is 10.1 Å². The highest BCUT2D eigenvalue weighted by molar-refractivity contribution is 5.89. The molecule has 6 heteroatoms. The highest BCUT2D eigenvalue weighted by atomic mass is 19.1. The van der Waals surface area contributed by atoms with Crippen LogP contribution in [0.25, 0.3) is 0 Å². The van der Waals surface area contributed by atoms with Crippen molar-refractivity contribution in [2.24, 2.45) is 0 Å². The molecule has 0 aromatic heterocycles. The van der Waals surface area contributed by atoms with Gasteiger partial charge in [0, 0.05) is 7.05 Å². The maximum atomic E-state index is 13.3. The Balaban J connectivity index is 3.06. The van der Waals surface area contributed by atoms with Crippen LogP contribution < -0.4 is 4.90 Å². The number of likely N-dealkylation sites (N-methyl/N-ethyl adjacent to an activating group) is 1. The number of carboxylic acid groups (broad SMARTS) is 2. The summed E-state index contributed by atoms with van der Waals surface area (Å²) in [5, 5.41) is 17.2. The Morgan fingerprint density at radius 3 is 2.50 bits per heavy atom. The van der Waals surface area contributed by atoms with Gasteiger partial charge in [0.1, 0.15) is 12.4 Å². The third kappa shape index (κ3) is 2.69. The van der Waals surface area contributed by atoms with Gasteiger partial charge in [0.25, 0.3) is 0 Å². The molecule has 0 saturated carbocycles. The summed E-state index contributed by atoms with van der Waals surface area (Å²) >= 11 is 0. The molecule has 0 saturated heterocycles. The molecule has 16 heavy (non-hydrogen) atoms. The summed E-state index contributed by atoms with van der Waals surface area (Å²) in [5.74, 6) is -2.97. The number of rotatable bonds is 4. The first-order valence-electron chi connectivity index (χ1n) is 4.37. The average Bonchev–Trinajstić information content (AvgIpc) is 2.16. The number of carboxylic acids is 2. The van der Waals surface area contributed by atoms with Gasteiger partial charge in [-0.05, 0) is 18.2 Å². The Hall–Kier alpha value is -2.11. The van der Waals surface area contributed by atoms with Crippen molar-refractivity contribution in [3.8, 4) is 0 Å². The summed E-state index contributed by atoms with van der Waals surface area (Å²) in [6, 6.07) is 3.22. The monoisotopic (exact) mass is 227 g/mol. The molecule has 1 rings (SSSR count). The highest BCUT2D eigenvalue weighted by Crippen LogP contribution is 2.19. The number of hydrogen-bond acceptors (Lipinski definition) is 3. The average molecular weight is 227 g/mol. The predicted molar refractivity (Wildman–Crippen MR) is 54.3 cm³/mol. The fourth-order valence-electron chi connectivity index (χ4n) is 1.23. The first kappa shape index (κ1) is 12.0. The molecular weight excluding hydrogens is 217 g/mol. The summed E-state index contributed by atoms with van der Waals surface area (Å²) in [4.78, 5) is 22.2. The summed E-state index contributed by atoms with van der Waals surface area (Å²) in [6.45, 7) is -0.403. The van der Waals surface area contributed by atoms with Gasteiger partial charge in [-0.1, -0.05) is 0 Å². The molecule has 0 amide bonds. The van der Waals surface area contributed by atoms with Crippen LogP contribution in [-0.4, -0.2) is 35.7 Å². The topological polar surface area (TPSA) is 77.8 Å². The van der Waals surface area contributed by atoms with Crippen LogP contribution in [0.15, 0.2) is 18.2 Å². The molecule has 0 spiro atoms. The molecule has 1 aromatic rings. The second kappa shape index (κ2) is 4.61. The second-order valence-corrected chi connectivity index (χ2v) is 3.22. The van der Waals surface area contributed by atoms with E-state index in [1.165, 1.54) is 7.05 Å². The SMILES string of the molecule is CN(CC(=O)O)c1cc(C(=O)O)ccc1F. The number of nitrogens with zero attached hydrogens (tertiary/aromatic N) is 1. The molecule has 2 N–H and O–H groups in total. The summed E-state index contributed by atoms with van der Waals surface area (Å²) in [6.07, 6.45) is 0. The van der Waals surface area contributed by atoms with E-state index in [0.717, 1.165) is 23.1 Å². The van der Waals surface area contributed by atoms with Crippen LogP contribution in [0, 0.1) is 5.82 Å². The Bertz CT molecular complexity index is 433. The number of anilines is 1. The molecule has 1 aromatic carbocycles. The molecule has 0 radical (unpaired) electrons. The maximum Gasteiger partial charge on any atom is 0.335 e. The van der Waals surface area contributed by atoms with Gasteiger partial charge in [0.15, 0.2) is 0 Å². The first-order chi connectivity index (χ1) is 7.41. The molecule has 0 unspecified atom stereocenters. The number of halogens is 1. The molecule has 0 bridgehead atoms. The Morgan fingerprint density at radius 1 is 1.38 bits per heavy atom. The van der Waals surface area contributed by atoms with E-state index in [0.29, 0.717) is 0 Å². The van der Waals surface area contributed by atoms with Crippen LogP contribution in [0.5, 0.6) is 0 Å². The van der Waals surface area contributed by atoms with Crippen molar-refractivity contribution < 1.29 is 24.2 Å². The third-order valence-corrected chi connectivity index (χ3v) is 1.98. The molecule has 5 nitrogen and oxygen atoms in total. The van der Waals surface area contributed by atoms with Crippen molar-refractivity contribution in [1.82, 2.24) is 0 Å². The van der Waals surface area contributed by atoms with Crippen molar-refractivity contribution >= 4 is 17.6 Å². The van der Waals surface area contributed by atoms with Crippen LogP contribution in [0.2, 0.25) is 0 Å². The lowest BCUT2D eigenvalue weighted by molar-refractivity contribution is -0.135. The number of carbonyl (C=O) groups is 2. The van der Waals surface area contributed by atoms with E-state index in [4.69, 9.17) is 10.2 Å². The minimum Gasteiger partial charge on any atom is -0.480 e. The lowest BCUT2D eigenvalue weighted by Gasteiger charge is -2.17. The summed E-state index contributed by atoms with van der Waals surface area (Å²) in [7, 11) is 1.37. The first-order valence-corrected chi connectivity index (χ1v) is 4.37. The van der Waals surface area contributed by atoms with Crippen LogP contribution >= 0.6 is 0 Å². The van der Waals surface area contributed by atoms with E-state index in [1.807, 2.05) is 0 Å². The quantitative estimate of drug-likeness (QED) is 0.803. The van der Waals surface area contributed by atoms with Gasteiger partial charge >= 0.3 is 11.9 Å². The molecule has 0 aliphatic carbocycles. The molecule has 86 valence electrons. The van der Waals surface area contributed by atoms with Gasteiger partial charge in [-0.15, -0.1) is 0 Å². The zero-order valence-electron chi connectivity index (χ0n) is 8.48. The summed E-state index contributed by atoms with van der Waals surface area (Å²) < 4.78 is 13.3. The van der Waals surface area contributed by atoms with Gasteiger partial charge < -0.3 is 15.1 Å². The van der Waals surface area contributed by atoms with Gasteiger partial charge in [-0.3, -0.25) is 4.79 Å². The van der Waals surface area contributed by atoms with Gasteiger partial charge in [0.05, 0.1) is 11.3 Å². The van der Waals surface area contributed by atoms with Crippen molar-refractivity contribution in [3.63, 3.8) is 0 Å². The lowest BCUT2D eigenvalue weighted by atomic mass is 10.2. The Morgan fingerprint density at radius 2 is 2.00 bits per heavy atom. The number of aromatic carboxylic acids is 1. The van der Waals surface area contributed by atoms with Gasteiger partial charge in [0.2, 0.25) is 0 Å². The van der Waals surface area contributed by atoms with Gasteiger partial charge in [-0.2, -0.15) is 0 Å². The highest BCUT2D eigenvalue weighted by Gasteiger charge is 2.13. The third-order valence-electron chi connectivity index (χ3n) is 1.98. The van der Waals surface area contributed by atoms with E-state index >= 15 is 0 Å². The number of benzene rings is 1. The molecular formula is C10H10FNO4. The van der Waals surface area contributed by atoms with E-state index in [9.17, 15) is 14.0 Å². The zero-order chi connectivity index (χ0) is 12.3. The summed E-state index contributed by atoms with van der Waals surface area (Å²) in [5.41, 5.74) is -0.143. The van der Waals surface area contributed by atoms with Crippen molar-refractivity contribution in [2.75, 3.05) is 18.5 Å². The zero-order valence-corrected chi connectivity index (χ0v) is 8.48. The van der Waals surface area contributed by atoms with Crippen LogP contribution in [0.3, 0.4) is 0 Å². The fourth-order valence-corrected chi connectivity index (χ4v) is 1.23. The smallest absolute Gasteiger partial charge is 0.335 e. The van der Waals surface area contributed by atoms with Crippen molar-refractivity contribution in [1.29, 1.82) is 0 Å². The van der Waals surface area contributed by atoms with E-state index < -0.39 is 24.3 Å². The minimum atomic E-state index is -1.19. The van der Waals surface area contributed by atoms with E-state index in [1.54, 1.807) is 0 Å². The lowest BCUT2D eigenvalue weighted by Crippen LogP contribution is -2.26. The number of hydrogen-bond donors (Lipinski definition) is 2. The largest absolute Gasteiger partial charge is 0.480 e. The van der Waals surface area contributed by atoms with Gasteiger partial charge in [-0.25, -0.2) is 9.18 Å². The standard InChI is InChI=1S/C10H10FNO4/c1-12(5-9(13)14)8-4-6(10(15)16)2-3-7(8)11/h2-4H,5H2,1H3,(H,13,14)(H,15,16). The molecule has 0 atom stereocenters. The second-order valence-electron chi connectivity index (χ2n) is 3.22. The fraction of sp³-hybridized carbons (Fsp3) is 0.200. The normalized spacial score (nSPS) is 9.88. The molecule has 0 aliphatic rings. The maximum absolute atomic E-state index is 13.3. The van der Waals surface area contributed by atoms with Crippen LogP contribution in [0.1, 0.15) is 10.4 Å². The Kier molecular flexibility index (Phi) is 3.44. The minimum absolute atomic E-state index is 0.0534. The Labute approximate surface area is 90.7 Å². The number of aliphatic carboxylic acids is 1.